The van der Waals surface area contributed by atoms with E-state index in [4.69, 9.17) is 16.3 Å². The molecule has 4 heteroatoms. The van der Waals surface area contributed by atoms with Gasteiger partial charge >= 0.3 is 0 Å². The molecule has 0 bridgehead atoms. The highest BCUT2D eigenvalue weighted by atomic mass is 79.9. The van der Waals surface area contributed by atoms with E-state index >= 15 is 0 Å². The van der Waals surface area contributed by atoms with Crippen LogP contribution in [-0.4, -0.2) is 19.2 Å². The number of halogens is 2. The number of rotatable bonds is 9. The lowest BCUT2D eigenvalue weighted by Gasteiger charge is -2.15. The first-order valence-corrected chi connectivity index (χ1v) is 8.53. The standard InChI is InChI=1S/C16H25BrClNO/c1-4-5-6-7-13(3)19-8-9-20-16-12(2)10-14(17)11-15(16)18/h10-11,13,19H,4-9H2,1-3H3. The molecule has 0 fully saturated rings. The van der Waals surface area contributed by atoms with Gasteiger partial charge in [0.05, 0.1) is 5.02 Å². The van der Waals surface area contributed by atoms with Gasteiger partial charge in [0.2, 0.25) is 0 Å². The highest BCUT2D eigenvalue weighted by Crippen LogP contribution is 2.31. The lowest BCUT2D eigenvalue weighted by atomic mass is 10.1. The molecule has 0 aliphatic rings. The molecule has 114 valence electrons. The van der Waals surface area contributed by atoms with Crippen LogP contribution in [0, 0.1) is 6.92 Å². The number of benzene rings is 1. The number of ether oxygens (including phenoxy) is 1. The Hall–Kier alpha value is -0.250. The van der Waals surface area contributed by atoms with E-state index in [0.29, 0.717) is 17.7 Å². The van der Waals surface area contributed by atoms with Crippen LogP contribution in [-0.2, 0) is 0 Å². The minimum absolute atomic E-state index is 0.548. The summed E-state index contributed by atoms with van der Waals surface area (Å²) in [5, 5.41) is 4.14. The molecule has 1 aromatic rings. The van der Waals surface area contributed by atoms with Crippen LogP contribution >= 0.6 is 27.5 Å². The van der Waals surface area contributed by atoms with Crippen molar-refractivity contribution in [3.63, 3.8) is 0 Å². The molecule has 0 saturated heterocycles. The zero-order chi connectivity index (χ0) is 15.0. The molecule has 2 nitrogen and oxygen atoms in total. The van der Waals surface area contributed by atoms with Crippen LogP contribution in [0.2, 0.25) is 5.02 Å². The van der Waals surface area contributed by atoms with Crippen LogP contribution in [0.4, 0.5) is 0 Å². The van der Waals surface area contributed by atoms with E-state index in [1.165, 1.54) is 25.7 Å². The van der Waals surface area contributed by atoms with Crippen molar-refractivity contribution in [2.75, 3.05) is 13.2 Å². The molecule has 0 aromatic heterocycles. The Morgan fingerprint density at radius 3 is 2.75 bits per heavy atom. The van der Waals surface area contributed by atoms with Gasteiger partial charge in [0.1, 0.15) is 12.4 Å². The molecule has 0 amide bonds. The lowest BCUT2D eigenvalue weighted by molar-refractivity contribution is 0.302. The predicted octanol–water partition coefficient (Wildman–Crippen LogP) is 5.35. The third kappa shape index (κ3) is 6.47. The van der Waals surface area contributed by atoms with E-state index in [0.717, 1.165) is 22.3 Å². The van der Waals surface area contributed by atoms with Gasteiger partial charge < -0.3 is 10.1 Å². The first-order valence-electron chi connectivity index (χ1n) is 7.36. The molecule has 1 rings (SSSR count). The molecule has 0 spiro atoms. The van der Waals surface area contributed by atoms with Gasteiger partial charge in [-0.1, -0.05) is 53.7 Å². The minimum atomic E-state index is 0.548. The maximum absolute atomic E-state index is 6.19. The van der Waals surface area contributed by atoms with Crippen molar-refractivity contribution >= 4 is 27.5 Å². The SMILES string of the molecule is CCCCCC(C)NCCOc1c(C)cc(Br)cc1Cl. The Balaban J connectivity index is 2.28. The van der Waals surface area contributed by atoms with Gasteiger partial charge in [0.25, 0.3) is 0 Å². The van der Waals surface area contributed by atoms with E-state index in [2.05, 4.69) is 35.1 Å². The van der Waals surface area contributed by atoms with Crippen molar-refractivity contribution in [3.05, 3.63) is 27.2 Å². The topological polar surface area (TPSA) is 21.3 Å². The fourth-order valence-corrected chi connectivity index (χ4v) is 3.16. The van der Waals surface area contributed by atoms with Crippen LogP contribution in [0.15, 0.2) is 16.6 Å². The molecule has 1 aromatic carbocycles. The molecule has 1 N–H and O–H groups in total. The van der Waals surface area contributed by atoms with Crippen LogP contribution in [0.1, 0.15) is 45.1 Å². The van der Waals surface area contributed by atoms with Gasteiger partial charge in [-0.3, -0.25) is 0 Å². The van der Waals surface area contributed by atoms with Gasteiger partial charge in [-0.15, -0.1) is 0 Å². The number of hydrogen-bond donors (Lipinski definition) is 1. The summed E-state index contributed by atoms with van der Waals surface area (Å²) < 4.78 is 6.76. The van der Waals surface area contributed by atoms with Crippen molar-refractivity contribution in [1.29, 1.82) is 0 Å². The lowest BCUT2D eigenvalue weighted by Crippen LogP contribution is -2.30. The second kappa shape index (κ2) is 9.64. The average Bonchev–Trinajstić information content (AvgIpc) is 2.37. The molecule has 20 heavy (non-hydrogen) atoms. The van der Waals surface area contributed by atoms with Crippen molar-refractivity contribution in [1.82, 2.24) is 5.32 Å². The second-order valence-corrected chi connectivity index (χ2v) is 6.56. The summed E-state index contributed by atoms with van der Waals surface area (Å²) in [5.74, 6) is 0.787. The summed E-state index contributed by atoms with van der Waals surface area (Å²) in [4.78, 5) is 0. The average molecular weight is 363 g/mol. The van der Waals surface area contributed by atoms with E-state index in [1.54, 1.807) is 0 Å². The third-order valence-electron chi connectivity index (χ3n) is 3.28. The predicted molar refractivity (Wildman–Crippen MR) is 91.0 cm³/mol. The summed E-state index contributed by atoms with van der Waals surface area (Å²) in [6.07, 6.45) is 5.11. The van der Waals surface area contributed by atoms with Gasteiger partial charge in [-0.25, -0.2) is 0 Å². The van der Waals surface area contributed by atoms with Crippen molar-refractivity contribution in [2.45, 2.75) is 52.5 Å². The van der Waals surface area contributed by atoms with Crippen molar-refractivity contribution < 1.29 is 4.74 Å². The fraction of sp³-hybridized carbons (Fsp3) is 0.625. The molecule has 0 aliphatic heterocycles. The van der Waals surface area contributed by atoms with Crippen LogP contribution in [0.25, 0.3) is 0 Å². The number of aryl methyl sites for hydroxylation is 1. The number of hydrogen-bond acceptors (Lipinski definition) is 2. The zero-order valence-corrected chi connectivity index (χ0v) is 15.0. The number of nitrogens with one attached hydrogen (secondary N) is 1. The monoisotopic (exact) mass is 361 g/mol. The molecular weight excluding hydrogens is 338 g/mol. The first kappa shape index (κ1) is 17.8. The maximum Gasteiger partial charge on any atom is 0.140 e. The minimum Gasteiger partial charge on any atom is -0.490 e. The smallest absolute Gasteiger partial charge is 0.140 e. The summed E-state index contributed by atoms with van der Waals surface area (Å²) in [7, 11) is 0. The van der Waals surface area contributed by atoms with Crippen molar-refractivity contribution in [2.24, 2.45) is 0 Å². The molecule has 0 radical (unpaired) electrons. The van der Waals surface area contributed by atoms with Crippen LogP contribution in [0.5, 0.6) is 5.75 Å². The zero-order valence-electron chi connectivity index (χ0n) is 12.6. The van der Waals surface area contributed by atoms with E-state index in [9.17, 15) is 0 Å². The summed E-state index contributed by atoms with van der Waals surface area (Å²) in [6, 6.07) is 4.43. The van der Waals surface area contributed by atoms with Gasteiger partial charge in [0.15, 0.2) is 0 Å². The Kier molecular flexibility index (Phi) is 8.58. The van der Waals surface area contributed by atoms with E-state index in [-0.39, 0.29) is 0 Å². The highest BCUT2D eigenvalue weighted by molar-refractivity contribution is 9.10. The Bertz CT molecular complexity index is 388. The Labute approximate surface area is 136 Å². The van der Waals surface area contributed by atoms with Crippen LogP contribution in [0.3, 0.4) is 0 Å². The molecule has 0 heterocycles. The van der Waals surface area contributed by atoms with Gasteiger partial charge in [0, 0.05) is 17.1 Å². The van der Waals surface area contributed by atoms with Gasteiger partial charge in [-0.2, -0.15) is 0 Å². The molecule has 1 unspecified atom stereocenters. The third-order valence-corrected chi connectivity index (χ3v) is 4.01. The highest BCUT2D eigenvalue weighted by Gasteiger charge is 2.07. The van der Waals surface area contributed by atoms with Crippen molar-refractivity contribution in [3.8, 4) is 5.75 Å². The summed E-state index contributed by atoms with van der Waals surface area (Å²) >= 11 is 9.61. The summed E-state index contributed by atoms with van der Waals surface area (Å²) in [6.45, 7) is 7.95. The normalized spacial score (nSPS) is 12.4. The first-order chi connectivity index (χ1) is 9.54. The molecule has 1 atom stereocenters. The molecule has 0 aliphatic carbocycles. The van der Waals surface area contributed by atoms with E-state index in [1.807, 2.05) is 19.1 Å². The Morgan fingerprint density at radius 1 is 1.35 bits per heavy atom. The van der Waals surface area contributed by atoms with Crippen LogP contribution < -0.4 is 10.1 Å². The quantitative estimate of drug-likeness (QED) is 0.598. The largest absolute Gasteiger partial charge is 0.490 e. The number of unbranched alkanes of at least 4 members (excludes halogenated alkanes) is 2. The fourth-order valence-electron chi connectivity index (χ4n) is 2.13. The summed E-state index contributed by atoms with van der Waals surface area (Å²) in [5.41, 5.74) is 1.06. The maximum atomic E-state index is 6.19. The van der Waals surface area contributed by atoms with Gasteiger partial charge in [-0.05, 0) is 38.0 Å². The Morgan fingerprint density at radius 2 is 2.10 bits per heavy atom. The molecular formula is C16H25BrClNO. The second-order valence-electron chi connectivity index (χ2n) is 5.23. The van der Waals surface area contributed by atoms with E-state index < -0.39 is 0 Å². The molecule has 0 saturated carbocycles.